The molecule has 4 N–H and O–H groups in total. The van der Waals surface area contributed by atoms with Crippen LogP contribution in [-0.4, -0.2) is 51.7 Å². The van der Waals surface area contributed by atoms with Crippen molar-refractivity contribution < 1.29 is 23.0 Å². The number of nitrogens with one attached hydrogen (secondary N) is 2. The number of hydrogen-bond acceptors (Lipinski definition) is 8. The Bertz CT molecular complexity index is 1700. The van der Waals surface area contributed by atoms with E-state index in [1.165, 1.54) is 47.4 Å². The molecule has 0 fully saturated rings. The normalized spacial score (nSPS) is 13.0. The highest BCUT2D eigenvalue weighted by atomic mass is 32.2. The van der Waals surface area contributed by atoms with Gasteiger partial charge in [-0.15, -0.1) is 0 Å². The molecule has 0 radical (unpaired) electrons. The van der Waals surface area contributed by atoms with Crippen molar-refractivity contribution in [2.45, 2.75) is 23.5 Å². The topological polar surface area (TPSA) is 142 Å². The van der Waals surface area contributed by atoms with Gasteiger partial charge in [-0.1, -0.05) is 30.3 Å². The highest BCUT2D eigenvalue weighted by molar-refractivity contribution is 7.92. The van der Waals surface area contributed by atoms with Crippen LogP contribution in [0.4, 0.5) is 10.1 Å². The van der Waals surface area contributed by atoms with E-state index in [9.17, 15) is 23.0 Å². The predicted octanol–water partition coefficient (Wildman–Crippen LogP) is 3.55. The average molecular weight is 589 g/mol. The van der Waals surface area contributed by atoms with Crippen molar-refractivity contribution in [1.29, 1.82) is 0 Å². The Morgan fingerprint density at radius 2 is 1.62 bits per heavy atom. The Balaban J connectivity index is 1.14. The van der Waals surface area contributed by atoms with Gasteiger partial charge >= 0.3 is 0 Å². The number of rotatable bonds is 12. The number of aliphatic hydroxyl groups excluding tert-OH is 2. The van der Waals surface area contributed by atoms with Gasteiger partial charge in [0.15, 0.2) is 0 Å². The van der Waals surface area contributed by atoms with Crippen LogP contribution < -0.4 is 10.0 Å². The van der Waals surface area contributed by atoms with Crippen LogP contribution in [-0.2, 0) is 16.4 Å². The molecule has 5 rings (SSSR count). The lowest BCUT2D eigenvalue weighted by Gasteiger charge is -2.12. The van der Waals surface area contributed by atoms with E-state index < -0.39 is 28.0 Å². The molecular weight excluding hydrogens is 559 g/mol. The number of anilines is 1. The fourth-order valence-electron chi connectivity index (χ4n) is 4.21. The summed E-state index contributed by atoms with van der Waals surface area (Å²) in [6, 6.07) is 22.1. The summed E-state index contributed by atoms with van der Waals surface area (Å²) in [6.45, 7) is 1.05. The third-order valence-electron chi connectivity index (χ3n) is 6.56. The number of benzene rings is 3. The first-order valence-electron chi connectivity index (χ1n) is 13.2. The largest absolute Gasteiger partial charge is 0.387 e. The highest BCUT2D eigenvalue weighted by Gasteiger charge is 2.17. The molecule has 5 aromatic rings. The summed E-state index contributed by atoms with van der Waals surface area (Å²) < 4.78 is 41.7. The third kappa shape index (κ3) is 7.22. The molecule has 0 saturated heterocycles. The van der Waals surface area contributed by atoms with Gasteiger partial charge in [-0.25, -0.2) is 12.8 Å². The maximum Gasteiger partial charge on any atom is 0.261 e. The van der Waals surface area contributed by atoms with Crippen LogP contribution >= 0.6 is 0 Å². The van der Waals surface area contributed by atoms with E-state index in [2.05, 4.69) is 25.2 Å². The van der Waals surface area contributed by atoms with Gasteiger partial charge in [-0.05, 0) is 78.7 Å². The van der Waals surface area contributed by atoms with Crippen molar-refractivity contribution in [3.05, 3.63) is 132 Å². The molecule has 0 spiro atoms. The Morgan fingerprint density at radius 1 is 0.881 bits per heavy atom. The zero-order valence-electron chi connectivity index (χ0n) is 22.4. The zero-order valence-corrected chi connectivity index (χ0v) is 23.2. The third-order valence-corrected chi connectivity index (χ3v) is 7.95. The molecule has 0 bridgehead atoms. The van der Waals surface area contributed by atoms with Gasteiger partial charge in [-0.2, -0.15) is 15.0 Å². The fourth-order valence-corrected chi connectivity index (χ4v) is 5.27. The van der Waals surface area contributed by atoms with Crippen LogP contribution in [0.3, 0.4) is 0 Å². The van der Waals surface area contributed by atoms with Crippen molar-refractivity contribution in [1.82, 2.24) is 25.3 Å². The van der Waals surface area contributed by atoms with Gasteiger partial charge in [-0.3, -0.25) is 9.71 Å². The van der Waals surface area contributed by atoms with E-state index >= 15 is 0 Å². The maximum atomic E-state index is 13.2. The van der Waals surface area contributed by atoms with E-state index in [1.54, 1.807) is 42.7 Å². The number of halogens is 1. The Hall–Kier alpha value is -4.49. The molecule has 2 heterocycles. The predicted molar refractivity (Wildman–Crippen MR) is 155 cm³/mol. The standard InChI is InChI=1S/C30H29FN6O4S/c31-24-7-5-22(6-8-24)30(39)28-19-34-37(35-28)26-11-13-27(14-12-26)42(40,41)36-25-9-3-21(4-10-25)15-17-33-20-29(38)23-2-1-16-32-18-23/h1-14,16,18-19,29-30,33,36,38-39H,15,17,20H2/t29-,30?/m0/s1. The average Bonchev–Trinajstić information content (AvgIpc) is 3.51. The summed E-state index contributed by atoms with van der Waals surface area (Å²) in [5.74, 6) is -0.407. The van der Waals surface area contributed by atoms with Gasteiger partial charge in [0, 0.05) is 30.2 Å². The number of nitrogens with zero attached hydrogens (tertiary/aromatic N) is 4. The highest BCUT2D eigenvalue weighted by Crippen LogP contribution is 2.22. The zero-order chi connectivity index (χ0) is 29.5. The summed E-state index contributed by atoms with van der Waals surface area (Å²) in [7, 11) is -3.85. The Labute approximate surface area is 242 Å². The minimum Gasteiger partial charge on any atom is -0.387 e. The van der Waals surface area contributed by atoms with Crippen LogP contribution in [0.25, 0.3) is 5.69 Å². The molecule has 2 aromatic heterocycles. The van der Waals surface area contributed by atoms with Gasteiger partial charge in [0.05, 0.1) is 22.9 Å². The van der Waals surface area contributed by atoms with Gasteiger partial charge in [0.2, 0.25) is 0 Å². The summed E-state index contributed by atoms with van der Waals surface area (Å²) in [6.07, 6.45) is 3.67. The molecule has 0 aliphatic rings. The number of sulfonamides is 1. The quantitative estimate of drug-likeness (QED) is 0.162. The molecule has 1 unspecified atom stereocenters. The molecule has 2 atom stereocenters. The summed E-state index contributed by atoms with van der Waals surface area (Å²) in [5.41, 5.74) is 3.43. The molecule has 0 saturated carbocycles. The van der Waals surface area contributed by atoms with E-state index in [4.69, 9.17) is 0 Å². The first-order valence-corrected chi connectivity index (χ1v) is 14.6. The van der Waals surface area contributed by atoms with Crippen molar-refractivity contribution >= 4 is 15.7 Å². The number of aromatic nitrogens is 4. The molecular formula is C30H29FN6O4S. The number of aliphatic hydroxyl groups is 2. The second-order valence-electron chi connectivity index (χ2n) is 9.57. The van der Waals surface area contributed by atoms with Crippen LogP contribution in [0.15, 0.2) is 108 Å². The molecule has 10 nitrogen and oxygen atoms in total. The second-order valence-corrected chi connectivity index (χ2v) is 11.2. The van der Waals surface area contributed by atoms with Gasteiger partial charge in [0.25, 0.3) is 10.0 Å². The lowest BCUT2D eigenvalue weighted by atomic mass is 10.1. The molecule has 0 aliphatic carbocycles. The number of pyridine rings is 1. The minimum atomic E-state index is -3.85. The van der Waals surface area contributed by atoms with Crippen LogP contribution in [0.1, 0.15) is 34.6 Å². The second kappa shape index (κ2) is 13.0. The lowest BCUT2D eigenvalue weighted by molar-refractivity contribution is 0.174. The van der Waals surface area contributed by atoms with Crippen molar-refractivity contribution in [2.75, 3.05) is 17.8 Å². The maximum absolute atomic E-state index is 13.2. The van der Waals surface area contributed by atoms with Crippen molar-refractivity contribution in [3.63, 3.8) is 0 Å². The van der Waals surface area contributed by atoms with Crippen LogP contribution in [0.2, 0.25) is 0 Å². The lowest BCUT2D eigenvalue weighted by Crippen LogP contribution is -2.23. The van der Waals surface area contributed by atoms with Crippen molar-refractivity contribution in [3.8, 4) is 5.69 Å². The van der Waals surface area contributed by atoms with E-state index in [0.29, 0.717) is 36.4 Å². The monoisotopic (exact) mass is 588 g/mol. The minimum absolute atomic E-state index is 0.0606. The van der Waals surface area contributed by atoms with E-state index in [1.807, 2.05) is 18.2 Å². The van der Waals surface area contributed by atoms with Gasteiger partial charge < -0.3 is 15.5 Å². The van der Waals surface area contributed by atoms with Crippen molar-refractivity contribution in [2.24, 2.45) is 0 Å². The molecule has 216 valence electrons. The summed E-state index contributed by atoms with van der Waals surface area (Å²) in [4.78, 5) is 5.35. The molecule has 0 amide bonds. The summed E-state index contributed by atoms with van der Waals surface area (Å²) in [5, 5.41) is 32.4. The first-order chi connectivity index (χ1) is 20.3. The molecule has 0 aliphatic heterocycles. The van der Waals surface area contributed by atoms with Gasteiger partial charge in [0.1, 0.15) is 17.6 Å². The van der Waals surface area contributed by atoms with Crippen LogP contribution in [0, 0.1) is 5.82 Å². The SMILES string of the molecule is O=S(=O)(Nc1ccc(CCNC[C@H](O)c2cccnc2)cc1)c1ccc(-n2ncc(C(O)c3ccc(F)cc3)n2)cc1. The molecule has 42 heavy (non-hydrogen) atoms. The Kier molecular flexibility index (Phi) is 8.98. The smallest absolute Gasteiger partial charge is 0.261 e. The van der Waals surface area contributed by atoms with Crippen LogP contribution in [0.5, 0.6) is 0 Å². The number of hydrogen-bond donors (Lipinski definition) is 4. The fraction of sp³-hybridized carbons (Fsp3) is 0.167. The molecule has 3 aromatic carbocycles. The van der Waals surface area contributed by atoms with E-state index in [0.717, 1.165) is 11.1 Å². The Morgan fingerprint density at radius 3 is 2.31 bits per heavy atom. The first kappa shape index (κ1) is 29.0. The molecule has 12 heteroatoms. The van der Waals surface area contributed by atoms with E-state index in [-0.39, 0.29) is 10.6 Å². The summed E-state index contributed by atoms with van der Waals surface area (Å²) >= 11 is 0.